The molecular weight excluding hydrogens is 416 g/mol. The first kappa shape index (κ1) is 21.6. The second kappa shape index (κ2) is 10.1. The van der Waals surface area contributed by atoms with Crippen LogP contribution >= 0.6 is 11.3 Å². The van der Waals surface area contributed by atoms with Crippen molar-refractivity contribution in [2.75, 3.05) is 11.9 Å². The molecule has 0 saturated heterocycles. The van der Waals surface area contributed by atoms with E-state index in [1.165, 1.54) is 36.9 Å². The highest BCUT2D eigenvalue weighted by Gasteiger charge is 2.29. The topological polar surface area (TPSA) is 97.6 Å². The molecule has 2 aromatic rings. The molecule has 2 aliphatic rings. The summed E-state index contributed by atoms with van der Waals surface area (Å²) in [7, 11) is 0. The van der Waals surface area contributed by atoms with Gasteiger partial charge in [-0.1, -0.05) is 32.1 Å². The Balaban J connectivity index is 1.38. The van der Waals surface area contributed by atoms with Gasteiger partial charge in [-0.3, -0.25) is 9.59 Å². The van der Waals surface area contributed by atoms with Gasteiger partial charge in [0.15, 0.2) is 12.4 Å². The van der Waals surface area contributed by atoms with E-state index in [0.29, 0.717) is 10.6 Å². The molecule has 1 fully saturated rings. The summed E-state index contributed by atoms with van der Waals surface area (Å²) in [6, 6.07) is 3.35. The number of anilines is 1. The van der Waals surface area contributed by atoms with Gasteiger partial charge in [-0.05, 0) is 49.8 Å². The molecule has 166 valence electrons. The van der Waals surface area contributed by atoms with E-state index in [1.807, 2.05) is 0 Å². The summed E-state index contributed by atoms with van der Waals surface area (Å²) in [5.41, 5.74) is 1.29. The lowest BCUT2D eigenvalue weighted by molar-refractivity contribution is -0.125. The minimum absolute atomic E-state index is 0.153. The van der Waals surface area contributed by atoms with Crippen LogP contribution in [0, 0.1) is 0 Å². The Morgan fingerprint density at radius 3 is 2.58 bits per heavy atom. The highest BCUT2D eigenvalue weighted by atomic mass is 32.1. The van der Waals surface area contributed by atoms with Crippen LogP contribution in [0.2, 0.25) is 0 Å². The fraction of sp³-hybridized carbons (Fsp3) is 0.522. The summed E-state index contributed by atoms with van der Waals surface area (Å²) in [6.45, 7) is -0.314. The van der Waals surface area contributed by atoms with Crippen LogP contribution in [0.1, 0.15) is 82.7 Å². The zero-order valence-corrected chi connectivity index (χ0v) is 18.4. The lowest BCUT2D eigenvalue weighted by Crippen LogP contribution is -2.38. The van der Waals surface area contributed by atoms with Crippen LogP contribution in [-0.2, 0) is 22.4 Å². The Morgan fingerprint density at radius 1 is 1.06 bits per heavy atom. The predicted octanol–water partition coefficient (Wildman–Crippen LogP) is 4.47. The molecule has 0 unspecified atom stereocenters. The third-order valence-electron chi connectivity index (χ3n) is 5.90. The zero-order valence-electron chi connectivity index (χ0n) is 17.5. The summed E-state index contributed by atoms with van der Waals surface area (Å²) < 4.78 is 10.5. The number of amides is 2. The highest BCUT2D eigenvalue weighted by molar-refractivity contribution is 7.17. The van der Waals surface area contributed by atoms with E-state index >= 15 is 0 Å². The van der Waals surface area contributed by atoms with Gasteiger partial charge < -0.3 is 19.8 Å². The zero-order chi connectivity index (χ0) is 21.6. The maximum absolute atomic E-state index is 12.9. The standard InChI is InChI=1S/C23H28N2O5S/c26-19(24-15-8-4-2-1-3-5-9-15)14-30-23(28)20-16-10-6-12-18(16)31-22(20)25-21(27)17-11-7-13-29-17/h7,11,13,15H,1-6,8-10,12,14H2,(H,24,26)(H,25,27). The van der Waals surface area contributed by atoms with Crippen molar-refractivity contribution < 1.29 is 23.5 Å². The summed E-state index contributed by atoms with van der Waals surface area (Å²) in [6.07, 6.45) is 11.9. The Kier molecular flexibility index (Phi) is 7.06. The van der Waals surface area contributed by atoms with Gasteiger partial charge in [0.1, 0.15) is 5.00 Å². The molecule has 31 heavy (non-hydrogen) atoms. The van der Waals surface area contributed by atoms with Crippen molar-refractivity contribution in [1.29, 1.82) is 0 Å². The molecule has 8 heteroatoms. The molecule has 4 rings (SSSR count). The van der Waals surface area contributed by atoms with Crippen molar-refractivity contribution in [3.05, 3.63) is 40.2 Å². The number of ether oxygens (including phenoxy) is 1. The molecule has 1 saturated carbocycles. The molecule has 0 aliphatic heterocycles. The molecule has 2 N–H and O–H groups in total. The summed E-state index contributed by atoms with van der Waals surface area (Å²) in [5.74, 6) is -1.08. The number of carbonyl (C=O) groups excluding carboxylic acids is 3. The predicted molar refractivity (Wildman–Crippen MR) is 118 cm³/mol. The van der Waals surface area contributed by atoms with Crippen LogP contribution in [0.15, 0.2) is 22.8 Å². The maximum Gasteiger partial charge on any atom is 0.341 e. The quantitative estimate of drug-likeness (QED) is 0.641. The Bertz CT molecular complexity index is 926. The van der Waals surface area contributed by atoms with E-state index in [9.17, 15) is 14.4 Å². The molecule has 0 bridgehead atoms. The van der Waals surface area contributed by atoms with Crippen molar-refractivity contribution >= 4 is 34.1 Å². The summed E-state index contributed by atoms with van der Waals surface area (Å²) in [5, 5.41) is 6.24. The normalized spacial score (nSPS) is 16.8. The van der Waals surface area contributed by atoms with Gasteiger partial charge in [0.2, 0.25) is 0 Å². The number of fused-ring (bicyclic) bond motifs is 1. The number of hydrogen-bond acceptors (Lipinski definition) is 6. The molecule has 0 radical (unpaired) electrons. The van der Waals surface area contributed by atoms with Gasteiger partial charge in [-0.15, -0.1) is 11.3 Å². The average Bonchev–Trinajstić information content (AvgIpc) is 3.45. The molecule has 7 nitrogen and oxygen atoms in total. The molecule has 0 atom stereocenters. The number of esters is 1. The van der Waals surface area contributed by atoms with E-state index in [-0.39, 0.29) is 24.3 Å². The van der Waals surface area contributed by atoms with Crippen LogP contribution in [0.4, 0.5) is 5.00 Å². The fourth-order valence-electron chi connectivity index (χ4n) is 4.35. The number of carbonyl (C=O) groups is 3. The monoisotopic (exact) mass is 444 g/mol. The second-order valence-corrected chi connectivity index (χ2v) is 9.28. The largest absolute Gasteiger partial charge is 0.459 e. The van der Waals surface area contributed by atoms with Crippen LogP contribution in [0.3, 0.4) is 0 Å². The fourth-order valence-corrected chi connectivity index (χ4v) is 5.63. The Morgan fingerprint density at radius 2 is 1.84 bits per heavy atom. The minimum atomic E-state index is -0.568. The lowest BCUT2D eigenvalue weighted by atomic mass is 9.97. The van der Waals surface area contributed by atoms with E-state index in [0.717, 1.165) is 55.4 Å². The third-order valence-corrected chi connectivity index (χ3v) is 7.11. The molecular formula is C23H28N2O5S. The molecule has 2 heterocycles. The van der Waals surface area contributed by atoms with Crippen molar-refractivity contribution in [3.8, 4) is 0 Å². The molecule has 2 amide bonds. The van der Waals surface area contributed by atoms with Crippen molar-refractivity contribution in [1.82, 2.24) is 5.32 Å². The van der Waals surface area contributed by atoms with Crippen LogP contribution in [0.5, 0.6) is 0 Å². The maximum atomic E-state index is 12.9. The first-order valence-electron chi connectivity index (χ1n) is 11.1. The van der Waals surface area contributed by atoms with E-state index in [4.69, 9.17) is 9.15 Å². The average molecular weight is 445 g/mol. The van der Waals surface area contributed by atoms with Gasteiger partial charge >= 0.3 is 5.97 Å². The van der Waals surface area contributed by atoms with E-state index in [2.05, 4.69) is 10.6 Å². The summed E-state index contributed by atoms with van der Waals surface area (Å²) in [4.78, 5) is 38.7. The van der Waals surface area contributed by atoms with Gasteiger partial charge in [-0.25, -0.2) is 4.79 Å². The van der Waals surface area contributed by atoms with Crippen LogP contribution in [0.25, 0.3) is 0 Å². The van der Waals surface area contributed by atoms with Crippen LogP contribution < -0.4 is 10.6 Å². The highest BCUT2D eigenvalue weighted by Crippen LogP contribution is 2.39. The van der Waals surface area contributed by atoms with E-state index < -0.39 is 11.9 Å². The van der Waals surface area contributed by atoms with E-state index in [1.54, 1.807) is 12.1 Å². The molecule has 0 spiro atoms. The number of aryl methyl sites for hydroxylation is 1. The number of thiophene rings is 1. The molecule has 0 aromatic carbocycles. The van der Waals surface area contributed by atoms with Gasteiger partial charge in [0.25, 0.3) is 11.8 Å². The number of rotatable bonds is 6. The van der Waals surface area contributed by atoms with Gasteiger partial charge in [0.05, 0.1) is 11.8 Å². The van der Waals surface area contributed by atoms with Crippen molar-refractivity contribution in [3.63, 3.8) is 0 Å². The number of hydrogen-bond donors (Lipinski definition) is 2. The first-order valence-corrected chi connectivity index (χ1v) is 11.9. The third kappa shape index (κ3) is 5.36. The molecule has 2 aromatic heterocycles. The van der Waals surface area contributed by atoms with Crippen molar-refractivity contribution in [2.24, 2.45) is 0 Å². The SMILES string of the molecule is O=C(COC(=O)c1c(NC(=O)c2ccco2)sc2c1CCC2)NC1CCCCCCC1. The summed E-state index contributed by atoms with van der Waals surface area (Å²) >= 11 is 1.39. The first-order chi connectivity index (χ1) is 15.1. The van der Waals surface area contributed by atoms with Crippen LogP contribution in [-0.4, -0.2) is 30.4 Å². The van der Waals surface area contributed by atoms with Gasteiger partial charge in [0, 0.05) is 10.9 Å². The smallest absolute Gasteiger partial charge is 0.341 e. The minimum Gasteiger partial charge on any atom is -0.459 e. The Hall–Kier alpha value is -2.61. The van der Waals surface area contributed by atoms with Crippen molar-refractivity contribution in [2.45, 2.75) is 70.3 Å². The number of nitrogens with one attached hydrogen (secondary N) is 2. The van der Waals surface area contributed by atoms with Gasteiger partial charge in [-0.2, -0.15) is 0 Å². The number of furan rings is 1. The lowest BCUT2D eigenvalue weighted by Gasteiger charge is -2.21. The molecule has 2 aliphatic carbocycles. The second-order valence-electron chi connectivity index (χ2n) is 8.18. The Labute approximate surface area is 185 Å².